The van der Waals surface area contributed by atoms with Gasteiger partial charge in [-0.2, -0.15) is 10.4 Å². The molecule has 0 aliphatic carbocycles. The van der Waals surface area contributed by atoms with Crippen molar-refractivity contribution < 1.29 is 18.7 Å². The Labute approximate surface area is 200 Å². The number of ether oxygens (including phenoxy) is 1. The fraction of sp³-hybridized carbons (Fsp3) is 0.333. The molecule has 0 atom stereocenters. The number of carbonyl (C=O) groups excluding carboxylic acids is 2. The van der Waals surface area contributed by atoms with Gasteiger partial charge >= 0.3 is 6.09 Å². The second-order valence-corrected chi connectivity index (χ2v) is 9.68. The second kappa shape index (κ2) is 8.29. The number of hydrogen-bond acceptors (Lipinski definition) is 6. The van der Waals surface area contributed by atoms with Gasteiger partial charge in [-0.1, -0.05) is 11.6 Å². The summed E-state index contributed by atoms with van der Waals surface area (Å²) in [6, 6.07) is 7.05. The van der Waals surface area contributed by atoms with Gasteiger partial charge in [-0.25, -0.2) is 9.18 Å². The van der Waals surface area contributed by atoms with Gasteiger partial charge in [0.2, 0.25) is 0 Å². The molecule has 0 radical (unpaired) electrons. The van der Waals surface area contributed by atoms with Crippen LogP contribution < -0.4 is 5.73 Å². The molecule has 1 aromatic heterocycles. The van der Waals surface area contributed by atoms with Crippen LogP contribution in [0.3, 0.4) is 0 Å². The van der Waals surface area contributed by atoms with Crippen LogP contribution >= 0.6 is 11.6 Å². The number of halogens is 2. The lowest BCUT2D eigenvalue weighted by molar-refractivity contribution is 0.00766. The molecule has 0 spiro atoms. The number of amides is 1. The molecular formula is C24H23ClFN5O3. The maximum absolute atomic E-state index is 13.8. The van der Waals surface area contributed by atoms with Crippen molar-refractivity contribution in [2.75, 3.05) is 18.8 Å². The van der Waals surface area contributed by atoms with Crippen molar-refractivity contribution in [2.45, 2.75) is 32.3 Å². The maximum atomic E-state index is 13.8. The first-order valence-corrected chi connectivity index (χ1v) is 11.0. The third-order valence-corrected chi connectivity index (χ3v) is 5.97. The molecule has 4 rings (SSSR count). The molecule has 2 aromatic carbocycles. The predicted octanol–water partition coefficient (Wildman–Crippen LogP) is 4.38. The molecule has 176 valence electrons. The number of benzene rings is 2. The molecule has 8 nitrogen and oxygen atoms in total. The zero-order chi connectivity index (χ0) is 24.9. The molecule has 1 aliphatic rings. The minimum Gasteiger partial charge on any atom is -0.444 e. The van der Waals surface area contributed by atoms with Gasteiger partial charge in [0.25, 0.3) is 0 Å². The third-order valence-electron chi connectivity index (χ3n) is 5.64. The van der Waals surface area contributed by atoms with Crippen LogP contribution in [0.2, 0.25) is 5.02 Å². The monoisotopic (exact) mass is 483 g/mol. The van der Waals surface area contributed by atoms with E-state index in [2.05, 4.69) is 5.10 Å². The zero-order valence-corrected chi connectivity index (χ0v) is 19.9. The third kappa shape index (κ3) is 4.05. The van der Waals surface area contributed by atoms with Crippen molar-refractivity contribution in [3.8, 4) is 6.07 Å². The first-order valence-electron chi connectivity index (χ1n) is 10.6. The highest BCUT2D eigenvalue weighted by Crippen LogP contribution is 2.37. The van der Waals surface area contributed by atoms with E-state index < -0.39 is 23.3 Å². The molecule has 10 heteroatoms. The Morgan fingerprint density at radius 2 is 1.97 bits per heavy atom. The summed E-state index contributed by atoms with van der Waals surface area (Å²) < 4.78 is 20.8. The number of nitriles is 1. The van der Waals surface area contributed by atoms with E-state index in [9.17, 15) is 19.2 Å². The van der Waals surface area contributed by atoms with E-state index in [1.807, 2.05) is 6.07 Å². The topological polar surface area (TPSA) is 114 Å². The number of nitrogen functional groups attached to an aromatic ring is 1. The summed E-state index contributed by atoms with van der Waals surface area (Å²) in [4.78, 5) is 27.1. The molecule has 0 bridgehead atoms. The van der Waals surface area contributed by atoms with Crippen LogP contribution in [0.15, 0.2) is 24.3 Å². The molecule has 1 saturated heterocycles. The van der Waals surface area contributed by atoms with Crippen molar-refractivity contribution in [3.63, 3.8) is 0 Å². The summed E-state index contributed by atoms with van der Waals surface area (Å²) in [5, 5.41) is 15.1. The number of aryl methyl sites for hydroxylation is 1. The van der Waals surface area contributed by atoms with Gasteiger partial charge in [0, 0.05) is 42.7 Å². The number of rotatable bonds is 3. The van der Waals surface area contributed by atoms with Crippen LogP contribution in [0.4, 0.5) is 14.9 Å². The molecule has 0 unspecified atom stereocenters. The van der Waals surface area contributed by atoms with E-state index in [0.29, 0.717) is 24.0 Å². The summed E-state index contributed by atoms with van der Waals surface area (Å²) in [7, 11) is 1.73. The fourth-order valence-corrected chi connectivity index (χ4v) is 4.34. The average molecular weight is 484 g/mol. The minimum atomic E-state index is -0.660. The summed E-state index contributed by atoms with van der Waals surface area (Å²) in [6.45, 7) is 6.26. The number of anilines is 1. The van der Waals surface area contributed by atoms with Crippen LogP contribution in [-0.2, 0) is 11.8 Å². The van der Waals surface area contributed by atoms with Crippen molar-refractivity contribution in [2.24, 2.45) is 7.05 Å². The minimum absolute atomic E-state index is 0.00880. The summed E-state index contributed by atoms with van der Waals surface area (Å²) in [5.74, 6) is -1.34. The number of ketones is 1. The van der Waals surface area contributed by atoms with E-state index in [-0.39, 0.29) is 33.3 Å². The lowest BCUT2D eigenvalue weighted by Crippen LogP contribution is -2.50. The standard InChI is InChI=1S/C24H23ClFN5O3/c1-24(2,3)34-23(33)31-10-12(11-31)21-15-8-18(28)19(16(9-27)20(15)29-30(21)4)22(32)14-7-13(26)5-6-17(14)25/h5-8,12H,10-11,28H2,1-4H3. The van der Waals surface area contributed by atoms with Gasteiger partial charge in [0.15, 0.2) is 5.78 Å². The molecular weight excluding hydrogens is 461 g/mol. The van der Waals surface area contributed by atoms with Crippen molar-refractivity contribution >= 4 is 40.1 Å². The Balaban J connectivity index is 1.73. The SMILES string of the molecule is Cn1nc2c(C#N)c(C(=O)c3cc(F)ccc3Cl)c(N)cc2c1C1CN(C(=O)OC(C)(C)C)C1. The molecule has 1 aliphatic heterocycles. The molecule has 0 saturated carbocycles. The Hall–Kier alpha value is -3.64. The molecule has 34 heavy (non-hydrogen) atoms. The van der Waals surface area contributed by atoms with E-state index in [1.165, 1.54) is 6.07 Å². The average Bonchev–Trinajstić information content (AvgIpc) is 3.01. The Morgan fingerprint density at radius 1 is 1.29 bits per heavy atom. The van der Waals surface area contributed by atoms with E-state index >= 15 is 0 Å². The Kier molecular flexibility index (Phi) is 5.74. The van der Waals surface area contributed by atoms with Gasteiger partial charge in [-0.05, 0) is 45.0 Å². The quantitative estimate of drug-likeness (QED) is 0.436. The van der Waals surface area contributed by atoms with Crippen LogP contribution in [0.1, 0.15) is 53.9 Å². The summed E-state index contributed by atoms with van der Waals surface area (Å²) >= 11 is 6.11. The molecule has 3 aromatic rings. The predicted molar refractivity (Wildman–Crippen MR) is 125 cm³/mol. The van der Waals surface area contributed by atoms with Gasteiger partial charge in [-0.3, -0.25) is 9.48 Å². The van der Waals surface area contributed by atoms with Crippen molar-refractivity contribution in [3.05, 3.63) is 57.5 Å². The second-order valence-electron chi connectivity index (χ2n) is 9.27. The van der Waals surface area contributed by atoms with Crippen molar-refractivity contribution in [1.82, 2.24) is 14.7 Å². The van der Waals surface area contributed by atoms with Crippen LogP contribution in [-0.4, -0.2) is 45.2 Å². The Morgan fingerprint density at radius 3 is 2.59 bits per heavy atom. The fourth-order valence-electron chi connectivity index (χ4n) is 4.14. The smallest absolute Gasteiger partial charge is 0.410 e. The molecule has 2 heterocycles. The maximum Gasteiger partial charge on any atom is 0.410 e. The number of aromatic nitrogens is 2. The lowest BCUT2D eigenvalue weighted by atomic mass is 9.90. The van der Waals surface area contributed by atoms with Crippen LogP contribution in [0, 0.1) is 17.1 Å². The van der Waals surface area contributed by atoms with Crippen LogP contribution in [0.25, 0.3) is 10.9 Å². The number of nitrogens with zero attached hydrogens (tertiary/aromatic N) is 4. The van der Waals surface area contributed by atoms with Gasteiger partial charge < -0.3 is 15.4 Å². The first kappa shape index (κ1) is 23.5. The van der Waals surface area contributed by atoms with Gasteiger partial charge in [0.05, 0.1) is 21.8 Å². The van der Waals surface area contributed by atoms with Gasteiger partial charge in [-0.15, -0.1) is 0 Å². The highest BCUT2D eigenvalue weighted by atomic mass is 35.5. The number of fused-ring (bicyclic) bond motifs is 1. The number of carbonyl (C=O) groups is 2. The normalized spacial score (nSPS) is 14.1. The van der Waals surface area contributed by atoms with E-state index in [1.54, 1.807) is 43.5 Å². The molecule has 1 amide bonds. The summed E-state index contributed by atoms with van der Waals surface area (Å²) in [6.07, 6.45) is -0.396. The summed E-state index contributed by atoms with van der Waals surface area (Å²) in [5.41, 5.74) is 6.64. The Bertz CT molecular complexity index is 1380. The first-order chi connectivity index (χ1) is 15.9. The molecule has 1 fully saturated rings. The zero-order valence-electron chi connectivity index (χ0n) is 19.1. The van der Waals surface area contributed by atoms with Crippen LogP contribution in [0.5, 0.6) is 0 Å². The number of hydrogen-bond donors (Lipinski definition) is 1. The van der Waals surface area contributed by atoms with Gasteiger partial charge in [0.1, 0.15) is 23.0 Å². The van der Waals surface area contributed by atoms with E-state index in [0.717, 1.165) is 17.8 Å². The number of likely N-dealkylation sites (tertiary alicyclic amines) is 1. The molecule has 2 N–H and O–H groups in total. The largest absolute Gasteiger partial charge is 0.444 e. The lowest BCUT2D eigenvalue weighted by Gasteiger charge is -2.39. The highest BCUT2D eigenvalue weighted by Gasteiger charge is 2.38. The van der Waals surface area contributed by atoms with Crippen molar-refractivity contribution in [1.29, 1.82) is 5.26 Å². The number of nitrogens with two attached hydrogens (primary N) is 1. The highest BCUT2D eigenvalue weighted by molar-refractivity contribution is 6.35. The van der Waals surface area contributed by atoms with E-state index in [4.69, 9.17) is 22.1 Å².